The van der Waals surface area contributed by atoms with Crippen LogP contribution in [0.4, 0.5) is 5.82 Å². The minimum absolute atomic E-state index is 0.146. The van der Waals surface area contributed by atoms with E-state index in [1.54, 1.807) is 6.20 Å². The van der Waals surface area contributed by atoms with Gasteiger partial charge in [-0.05, 0) is 57.2 Å². The number of anilines is 1. The second-order valence-corrected chi connectivity index (χ2v) is 6.93. The zero-order valence-corrected chi connectivity index (χ0v) is 14.6. The van der Waals surface area contributed by atoms with Crippen LogP contribution < -0.4 is 5.32 Å². The van der Waals surface area contributed by atoms with E-state index >= 15 is 0 Å². The molecule has 5 heteroatoms. The molecule has 0 saturated carbocycles. The Kier molecular flexibility index (Phi) is 5.83. The topological polar surface area (TPSA) is 51.2 Å². The quantitative estimate of drug-likeness (QED) is 0.608. The van der Waals surface area contributed by atoms with Crippen molar-refractivity contribution in [1.29, 1.82) is 0 Å². The van der Waals surface area contributed by atoms with E-state index in [9.17, 15) is 4.79 Å². The molecule has 0 atom stereocenters. The van der Waals surface area contributed by atoms with Crippen LogP contribution in [0.2, 0.25) is 5.02 Å². The molecule has 0 spiro atoms. The van der Waals surface area contributed by atoms with Crippen LogP contribution >= 0.6 is 11.6 Å². The highest BCUT2D eigenvalue weighted by Crippen LogP contribution is 2.24. The first-order valence-corrected chi connectivity index (χ1v) is 8.23. The summed E-state index contributed by atoms with van der Waals surface area (Å²) in [5.74, 6) is 0.676. The number of benzene rings is 1. The Bertz CT molecular complexity index is 680. The number of hydrogen-bond acceptors (Lipinski definition) is 4. The Morgan fingerprint density at radius 1 is 1.26 bits per heavy atom. The van der Waals surface area contributed by atoms with Crippen LogP contribution in [0.1, 0.15) is 40.0 Å². The lowest BCUT2D eigenvalue weighted by molar-refractivity contribution is -0.154. The minimum atomic E-state index is -0.415. The summed E-state index contributed by atoms with van der Waals surface area (Å²) in [4.78, 5) is 16.0. The molecule has 1 aromatic carbocycles. The third-order valence-corrected chi connectivity index (χ3v) is 3.48. The first-order chi connectivity index (χ1) is 10.8. The van der Waals surface area contributed by atoms with E-state index in [1.807, 2.05) is 45.0 Å². The summed E-state index contributed by atoms with van der Waals surface area (Å²) in [5.41, 5.74) is -0.415. The van der Waals surface area contributed by atoms with E-state index < -0.39 is 5.60 Å². The van der Waals surface area contributed by atoms with Gasteiger partial charge in [-0.3, -0.25) is 4.79 Å². The largest absolute Gasteiger partial charge is 0.460 e. The van der Waals surface area contributed by atoms with Crippen molar-refractivity contribution in [2.45, 2.75) is 45.6 Å². The van der Waals surface area contributed by atoms with Gasteiger partial charge in [-0.2, -0.15) is 0 Å². The zero-order chi connectivity index (χ0) is 16.9. The average molecular weight is 335 g/mol. The van der Waals surface area contributed by atoms with Crippen molar-refractivity contribution in [2.24, 2.45) is 0 Å². The molecule has 1 aromatic heterocycles. The highest BCUT2D eigenvalue weighted by atomic mass is 35.5. The maximum absolute atomic E-state index is 11.6. The maximum atomic E-state index is 11.6. The lowest BCUT2D eigenvalue weighted by atomic mass is 10.1. The second-order valence-electron chi connectivity index (χ2n) is 6.50. The third kappa shape index (κ3) is 5.71. The standard InChI is InChI=1S/C18H23ClN2O2/c1-18(2,3)23-16(22)6-4-5-10-20-17-15-12-14(19)8-7-13(15)9-11-21-17/h7-9,11-12H,4-6,10H2,1-3H3,(H,20,21). The number of hydrogen-bond donors (Lipinski definition) is 1. The lowest BCUT2D eigenvalue weighted by Gasteiger charge is -2.19. The third-order valence-electron chi connectivity index (χ3n) is 3.25. The summed E-state index contributed by atoms with van der Waals surface area (Å²) in [7, 11) is 0. The molecule has 1 N–H and O–H groups in total. The van der Waals surface area contributed by atoms with Gasteiger partial charge in [0.2, 0.25) is 0 Å². The van der Waals surface area contributed by atoms with E-state index in [4.69, 9.17) is 16.3 Å². The van der Waals surface area contributed by atoms with Crippen LogP contribution in [0, 0.1) is 0 Å². The molecule has 124 valence electrons. The minimum Gasteiger partial charge on any atom is -0.460 e. The van der Waals surface area contributed by atoms with E-state index in [1.165, 1.54) is 0 Å². The molecule has 0 saturated heterocycles. The fourth-order valence-electron chi connectivity index (χ4n) is 2.28. The Morgan fingerprint density at radius 3 is 2.78 bits per heavy atom. The van der Waals surface area contributed by atoms with Gasteiger partial charge < -0.3 is 10.1 Å². The predicted molar refractivity (Wildman–Crippen MR) is 94.9 cm³/mol. The van der Waals surface area contributed by atoms with E-state index in [0.717, 1.165) is 36.0 Å². The van der Waals surface area contributed by atoms with Gasteiger partial charge in [0.1, 0.15) is 11.4 Å². The molecule has 0 aliphatic heterocycles. The van der Waals surface area contributed by atoms with Crippen molar-refractivity contribution in [1.82, 2.24) is 4.98 Å². The van der Waals surface area contributed by atoms with Crippen LogP contribution in [0.15, 0.2) is 30.5 Å². The van der Waals surface area contributed by atoms with Crippen LogP contribution in [-0.2, 0) is 9.53 Å². The van der Waals surface area contributed by atoms with Crippen molar-refractivity contribution in [3.05, 3.63) is 35.5 Å². The van der Waals surface area contributed by atoms with Crippen LogP contribution in [0.3, 0.4) is 0 Å². The maximum Gasteiger partial charge on any atom is 0.306 e. The Balaban J connectivity index is 1.81. The summed E-state index contributed by atoms with van der Waals surface area (Å²) in [5, 5.41) is 6.11. The molecular formula is C18H23ClN2O2. The van der Waals surface area contributed by atoms with Crippen molar-refractivity contribution < 1.29 is 9.53 Å². The molecule has 0 fully saturated rings. The molecular weight excluding hydrogens is 312 g/mol. The van der Waals surface area contributed by atoms with E-state index in [2.05, 4.69) is 10.3 Å². The van der Waals surface area contributed by atoms with Gasteiger partial charge in [-0.1, -0.05) is 17.7 Å². The molecule has 0 radical (unpaired) electrons. The van der Waals surface area contributed by atoms with Crippen LogP contribution in [0.5, 0.6) is 0 Å². The number of halogens is 1. The summed E-state index contributed by atoms with van der Waals surface area (Å²) in [6.07, 6.45) is 3.87. The number of ether oxygens (including phenoxy) is 1. The van der Waals surface area contributed by atoms with Crippen molar-refractivity contribution >= 4 is 34.2 Å². The molecule has 0 aliphatic rings. The Labute approximate surface area is 142 Å². The molecule has 0 bridgehead atoms. The predicted octanol–water partition coefficient (Wildman–Crippen LogP) is 4.81. The number of esters is 1. The fourth-order valence-corrected chi connectivity index (χ4v) is 2.45. The van der Waals surface area contributed by atoms with Gasteiger partial charge in [0.15, 0.2) is 0 Å². The first kappa shape index (κ1) is 17.5. The van der Waals surface area contributed by atoms with E-state index in [0.29, 0.717) is 11.4 Å². The van der Waals surface area contributed by atoms with Gasteiger partial charge in [-0.25, -0.2) is 4.98 Å². The zero-order valence-electron chi connectivity index (χ0n) is 13.9. The second kappa shape index (κ2) is 7.64. The monoisotopic (exact) mass is 334 g/mol. The van der Waals surface area contributed by atoms with Crippen molar-refractivity contribution in [2.75, 3.05) is 11.9 Å². The molecule has 2 aromatic rings. The van der Waals surface area contributed by atoms with Crippen molar-refractivity contribution in [3.8, 4) is 0 Å². The molecule has 0 unspecified atom stereocenters. The lowest BCUT2D eigenvalue weighted by Crippen LogP contribution is -2.23. The van der Waals surface area contributed by atoms with Crippen LogP contribution in [-0.4, -0.2) is 23.1 Å². The summed E-state index contributed by atoms with van der Waals surface area (Å²) in [6.45, 7) is 6.39. The normalized spacial score (nSPS) is 11.5. The molecule has 2 rings (SSSR count). The molecule has 1 heterocycles. The number of rotatable bonds is 6. The SMILES string of the molecule is CC(C)(C)OC(=O)CCCCNc1nccc2ccc(Cl)cc12. The van der Waals surface area contributed by atoms with Crippen LogP contribution in [0.25, 0.3) is 10.8 Å². The van der Waals surface area contributed by atoms with Gasteiger partial charge in [0.25, 0.3) is 0 Å². The smallest absolute Gasteiger partial charge is 0.306 e. The highest BCUT2D eigenvalue weighted by molar-refractivity contribution is 6.31. The number of carbonyl (C=O) groups is 1. The van der Waals surface area contributed by atoms with Gasteiger partial charge in [-0.15, -0.1) is 0 Å². The molecule has 23 heavy (non-hydrogen) atoms. The fraction of sp³-hybridized carbons (Fsp3) is 0.444. The average Bonchev–Trinajstić information content (AvgIpc) is 2.45. The Morgan fingerprint density at radius 2 is 2.04 bits per heavy atom. The Hall–Kier alpha value is -1.81. The number of unbranched alkanes of at least 4 members (excludes halogenated alkanes) is 1. The van der Waals surface area contributed by atoms with E-state index in [-0.39, 0.29) is 5.97 Å². The number of pyridine rings is 1. The van der Waals surface area contributed by atoms with Crippen molar-refractivity contribution in [3.63, 3.8) is 0 Å². The molecule has 0 amide bonds. The number of carbonyl (C=O) groups excluding carboxylic acids is 1. The highest BCUT2D eigenvalue weighted by Gasteiger charge is 2.15. The first-order valence-electron chi connectivity index (χ1n) is 7.85. The molecule has 0 aliphatic carbocycles. The summed E-state index contributed by atoms with van der Waals surface area (Å²) < 4.78 is 5.29. The summed E-state index contributed by atoms with van der Waals surface area (Å²) >= 11 is 6.06. The van der Waals surface area contributed by atoms with Gasteiger partial charge in [0.05, 0.1) is 0 Å². The number of nitrogens with one attached hydrogen (secondary N) is 1. The molecule has 4 nitrogen and oxygen atoms in total. The van der Waals surface area contributed by atoms with Gasteiger partial charge >= 0.3 is 5.97 Å². The number of nitrogens with zero attached hydrogens (tertiary/aromatic N) is 1. The number of aromatic nitrogens is 1. The van der Waals surface area contributed by atoms with Gasteiger partial charge in [0, 0.05) is 29.6 Å². The number of fused-ring (bicyclic) bond motifs is 1. The summed E-state index contributed by atoms with van der Waals surface area (Å²) in [6, 6.07) is 7.72.